The Balaban J connectivity index is 1.81. The van der Waals surface area contributed by atoms with E-state index in [-0.39, 0.29) is 0 Å². The van der Waals surface area contributed by atoms with E-state index in [1.165, 1.54) is 18.5 Å². The van der Waals surface area contributed by atoms with Gasteiger partial charge in [-0.05, 0) is 18.3 Å². The summed E-state index contributed by atoms with van der Waals surface area (Å²) in [5.41, 5.74) is 1.80. The van der Waals surface area contributed by atoms with Crippen LogP contribution < -0.4 is 5.32 Å². The van der Waals surface area contributed by atoms with Crippen molar-refractivity contribution in [2.45, 2.75) is 32.9 Å². The Hall–Kier alpha value is -0.870. The van der Waals surface area contributed by atoms with E-state index in [0.29, 0.717) is 5.41 Å². The number of hydrogen-bond donors (Lipinski definition) is 1. The van der Waals surface area contributed by atoms with E-state index < -0.39 is 0 Å². The van der Waals surface area contributed by atoms with Crippen LogP contribution in [0.25, 0.3) is 0 Å². The summed E-state index contributed by atoms with van der Waals surface area (Å²) in [6, 6.07) is 0. The van der Waals surface area contributed by atoms with Crippen molar-refractivity contribution in [3.05, 3.63) is 18.2 Å². The molecular formula is C12H21N3O. The first-order valence-corrected chi connectivity index (χ1v) is 5.92. The molecule has 1 aromatic heterocycles. The van der Waals surface area contributed by atoms with E-state index >= 15 is 0 Å². The summed E-state index contributed by atoms with van der Waals surface area (Å²) in [5.74, 6) is 0. The highest BCUT2D eigenvalue weighted by Gasteiger charge is 2.37. The second kappa shape index (κ2) is 4.97. The van der Waals surface area contributed by atoms with Crippen molar-refractivity contribution in [1.29, 1.82) is 0 Å². The molecule has 4 nitrogen and oxygen atoms in total. The molecule has 1 aromatic rings. The van der Waals surface area contributed by atoms with Crippen molar-refractivity contribution >= 4 is 0 Å². The lowest BCUT2D eigenvalue weighted by Gasteiger charge is -2.13. The topological polar surface area (TPSA) is 39.1 Å². The molecule has 0 unspecified atom stereocenters. The number of imidazole rings is 1. The average molecular weight is 223 g/mol. The van der Waals surface area contributed by atoms with Gasteiger partial charge in [0.1, 0.15) is 0 Å². The summed E-state index contributed by atoms with van der Waals surface area (Å²) >= 11 is 0. The van der Waals surface area contributed by atoms with Gasteiger partial charge in [-0.25, -0.2) is 4.98 Å². The molecule has 90 valence electrons. The highest BCUT2D eigenvalue weighted by atomic mass is 16.5. The lowest BCUT2D eigenvalue weighted by molar-refractivity contribution is 0.199. The van der Waals surface area contributed by atoms with Crippen LogP contribution in [0.3, 0.4) is 0 Å². The number of aromatic nitrogens is 2. The van der Waals surface area contributed by atoms with Gasteiger partial charge in [-0.1, -0.05) is 6.92 Å². The normalized spacial score (nSPS) is 17.6. The molecule has 2 rings (SSSR count). The smallest absolute Gasteiger partial charge is 0.0948 e. The molecule has 1 aliphatic carbocycles. The van der Waals surface area contributed by atoms with Gasteiger partial charge >= 0.3 is 0 Å². The number of rotatable bonds is 7. The SMILES string of the molecule is COCCNCc1cncn1CC1(C)CC1. The van der Waals surface area contributed by atoms with Gasteiger partial charge in [-0.3, -0.25) is 0 Å². The Morgan fingerprint density at radius 1 is 1.56 bits per heavy atom. The van der Waals surface area contributed by atoms with Crippen LogP contribution >= 0.6 is 0 Å². The van der Waals surface area contributed by atoms with Crippen LogP contribution in [0.1, 0.15) is 25.5 Å². The molecule has 4 heteroatoms. The third-order valence-electron chi connectivity index (χ3n) is 3.24. The summed E-state index contributed by atoms with van der Waals surface area (Å²) in [5, 5.41) is 3.35. The Bertz CT molecular complexity index is 331. The molecule has 0 amide bonds. The Morgan fingerprint density at radius 2 is 2.38 bits per heavy atom. The van der Waals surface area contributed by atoms with Gasteiger partial charge < -0.3 is 14.6 Å². The standard InChI is InChI=1S/C12H21N3O/c1-12(3-4-12)9-15-10-14-8-11(15)7-13-5-6-16-2/h8,10,13H,3-7,9H2,1-2H3. The summed E-state index contributed by atoms with van der Waals surface area (Å²) in [4.78, 5) is 4.22. The summed E-state index contributed by atoms with van der Waals surface area (Å²) < 4.78 is 7.27. The van der Waals surface area contributed by atoms with Crippen molar-refractivity contribution in [1.82, 2.24) is 14.9 Å². The fourth-order valence-corrected chi connectivity index (χ4v) is 1.81. The summed E-state index contributed by atoms with van der Waals surface area (Å²) in [6.07, 6.45) is 6.59. The first kappa shape index (κ1) is 11.6. The second-order valence-corrected chi connectivity index (χ2v) is 4.99. The molecular weight excluding hydrogens is 202 g/mol. The van der Waals surface area contributed by atoms with Gasteiger partial charge in [0.25, 0.3) is 0 Å². The molecule has 0 spiro atoms. The zero-order chi connectivity index (χ0) is 11.4. The molecule has 1 heterocycles. The Kier molecular flexibility index (Phi) is 3.61. The van der Waals surface area contributed by atoms with Crippen LogP contribution in [0.15, 0.2) is 12.5 Å². The molecule has 1 N–H and O–H groups in total. The molecule has 1 aliphatic rings. The molecule has 16 heavy (non-hydrogen) atoms. The maximum Gasteiger partial charge on any atom is 0.0948 e. The van der Waals surface area contributed by atoms with Gasteiger partial charge in [0.2, 0.25) is 0 Å². The van der Waals surface area contributed by atoms with Crippen LogP contribution in [-0.4, -0.2) is 29.8 Å². The Labute approximate surface area is 97.0 Å². The maximum absolute atomic E-state index is 5.00. The zero-order valence-electron chi connectivity index (χ0n) is 10.2. The predicted molar refractivity (Wildman–Crippen MR) is 63.2 cm³/mol. The molecule has 0 aromatic carbocycles. The van der Waals surface area contributed by atoms with E-state index in [9.17, 15) is 0 Å². The van der Waals surface area contributed by atoms with Crippen LogP contribution in [0.2, 0.25) is 0 Å². The van der Waals surface area contributed by atoms with Crippen LogP contribution in [0.5, 0.6) is 0 Å². The van der Waals surface area contributed by atoms with Gasteiger partial charge in [0.05, 0.1) is 18.6 Å². The van der Waals surface area contributed by atoms with Gasteiger partial charge in [0, 0.05) is 32.9 Å². The van der Waals surface area contributed by atoms with Crippen molar-refractivity contribution in [3.8, 4) is 0 Å². The zero-order valence-corrected chi connectivity index (χ0v) is 10.2. The molecule has 0 atom stereocenters. The fraction of sp³-hybridized carbons (Fsp3) is 0.750. The number of hydrogen-bond acceptors (Lipinski definition) is 3. The quantitative estimate of drug-likeness (QED) is 0.711. The fourth-order valence-electron chi connectivity index (χ4n) is 1.81. The van der Waals surface area contributed by atoms with E-state index in [2.05, 4.69) is 21.8 Å². The highest BCUT2D eigenvalue weighted by molar-refractivity contribution is 5.01. The molecule has 0 bridgehead atoms. The van der Waals surface area contributed by atoms with Gasteiger partial charge in [0.15, 0.2) is 0 Å². The minimum Gasteiger partial charge on any atom is -0.383 e. The van der Waals surface area contributed by atoms with Crippen LogP contribution in [0.4, 0.5) is 0 Å². The Morgan fingerprint density at radius 3 is 3.06 bits per heavy atom. The van der Waals surface area contributed by atoms with Crippen molar-refractivity contribution in [2.24, 2.45) is 5.41 Å². The first-order valence-electron chi connectivity index (χ1n) is 5.92. The number of ether oxygens (including phenoxy) is 1. The third-order valence-corrected chi connectivity index (χ3v) is 3.24. The molecule has 0 saturated heterocycles. The number of methoxy groups -OCH3 is 1. The molecule has 0 aliphatic heterocycles. The third kappa shape index (κ3) is 3.06. The van der Waals surface area contributed by atoms with E-state index in [1.807, 2.05) is 12.5 Å². The van der Waals surface area contributed by atoms with E-state index in [1.54, 1.807) is 7.11 Å². The maximum atomic E-state index is 5.00. The summed E-state index contributed by atoms with van der Waals surface area (Å²) in [6.45, 7) is 5.97. The van der Waals surface area contributed by atoms with Gasteiger partial charge in [-0.2, -0.15) is 0 Å². The number of nitrogens with one attached hydrogen (secondary N) is 1. The average Bonchev–Trinajstić information content (AvgIpc) is 2.83. The van der Waals surface area contributed by atoms with Crippen molar-refractivity contribution < 1.29 is 4.74 Å². The monoisotopic (exact) mass is 223 g/mol. The van der Waals surface area contributed by atoms with E-state index in [0.717, 1.165) is 26.2 Å². The van der Waals surface area contributed by atoms with E-state index in [4.69, 9.17) is 4.74 Å². The second-order valence-electron chi connectivity index (χ2n) is 4.99. The molecule has 0 radical (unpaired) electrons. The first-order chi connectivity index (χ1) is 7.73. The van der Waals surface area contributed by atoms with Gasteiger partial charge in [-0.15, -0.1) is 0 Å². The lowest BCUT2D eigenvalue weighted by atomic mass is 10.1. The minimum absolute atomic E-state index is 0.530. The number of nitrogens with zero attached hydrogens (tertiary/aromatic N) is 2. The van der Waals surface area contributed by atoms with Crippen molar-refractivity contribution in [3.63, 3.8) is 0 Å². The predicted octanol–water partition coefficient (Wildman–Crippen LogP) is 1.42. The van der Waals surface area contributed by atoms with Crippen LogP contribution in [-0.2, 0) is 17.8 Å². The van der Waals surface area contributed by atoms with Crippen molar-refractivity contribution in [2.75, 3.05) is 20.3 Å². The minimum atomic E-state index is 0.530. The largest absolute Gasteiger partial charge is 0.383 e. The molecule has 1 saturated carbocycles. The van der Waals surface area contributed by atoms with Crippen LogP contribution in [0, 0.1) is 5.41 Å². The highest BCUT2D eigenvalue weighted by Crippen LogP contribution is 2.46. The lowest BCUT2D eigenvalue weighted by Crippen LogP contribution is -2.21. The summed E-state index contributed by atoms with van der Waals surface area (Å²) in [7, 11) is 1.72. The molecule has 1 fully saturated rings.